The maximum Gasteiger partial charge on any atom is 0.252 e. The van der Waals surface area contributed by atoms with E-state index in [4.69, 9.17) is 4.74 Å². The number of benzene rings is 1. The van der Waals surface area contributed by atoms with Crippen molar-refractivity contribution in [3.05, 3.63) is 33.1 Å². The van der Waals surface area contributed by atoms with E-state index < -0.39 is 0 Å². The quantitative estimate of drug-likeness (QED) is 0.823. The smallest absolute Gasteiger partial charge is 0.252 e. The lowest BCUT2D eigenvalue weighted by Gasteiger charge is -2.51. The summed E-state index contributed by atoms with van der Waals surface area (Å²) in [4.78, 5) is 12.2. The second-order valence-electron chi connectivity index (χ2n) is 5.43. The lowest BCUT2D eigenvalue weighted by atomic mass is 9.64. The largest absolute Gasteiger partial charge is 0.381 e. The first-order valence-electron chi connectivity index (χ1n) is 6.15. The van der Waals surface area contributed by atoms with E-state index in [-0.39, 0.29) is 29.3 Å². The van der Waals surface area contributed by atoms with Crippen LogP contribution in [0.3, 0.4) is 0 Å². The molecule has 0 radical (unpaired) electrons. The zero-order valence-electron chi connectivity index (χ0n) is 11.2. The highest BCUT2D eigenvalue weighted by atomic mass is 127. The second-order valence-corrected chi connectivity index (χ2v) is 6.59. The van der Waals surface area contributed by atoms with Crippen LogP contribution in [0.15, 0.2) is 18.2 Å². The van der Waals surface area contributed by atoms with Crippen LogP contribution in [0.2, 0.25) is 0 Å². The van der Waals surface area contributed by atoms with E-state index in [1.54, 1.807) is 7.11 Å². The second kappa shape index (κ2) is 5.36. The minimum absolute atomic E-state index is 0.0735. The van der Waals surface area contributed by atoms with Crippen molar-refractivity contribution in [2.24, 2.45) is 5.41 Å². The van der Waals surface area contributed by atoms with Gasteiger partial charge in [0.2, 0.25) is 0 Å². The van der Waals surface area contributed by atoms with Gasteiger partial charge in [0.15, 0.2) is 0 Å². The number of methoxy groups -OCH3 is 1. The Labute approximate surface area is 126 Å². The fourth-order valence-electron chi connectivity index (χ4n) is 2.44. The molecule has 0 saturated heterocycles. The molecule has 1 saturated carbocycles. The van der Waals surface area contributed by atoms with Crippen LogP contribution in [0.1, 0.15) is 30.6 Å². The van der Waals surface area contributed by atoms with Crippen molar-refractivity contribution in [3.8, 4) is 0 Å². The van der Waals surface area contributed by atoms with Crippen LogP contribution in [0.5, 0.6) is 0 Å². The minimum atomic E-state index is -0.329. The van der Waals surface area contributed by atoms with Crippen molar-refractivity contribution in [1.82, 2.24) is 5.32 Å². The first kappa shape index (κ1) is 14.7. The zero-order chi connectivity index (χ0) is 14.2. The summed E-state index contributed by atoms with van der Waals surface area (Å²) in [6.07, 6.45) is 0.984. The number of rotatable bonds is 3. The molecule has 2 atom stereocenters. The molecule has 2 unspecified atom stereocenters. The summed E-state index contributed by atoms with van der Waals surface area (Å²) in [5.74, 6) is -0.485. The Bertz CT molecular complexity index is 504. The lowest BCUT2D eigenvalue weighted by molar-refractivity contribution is -0.0942. The molecule has 1 aromatic carbocycles. The Hall–Kier alpha value is -0.690. The SMILES string of the molecule is COC1CC(NC(=O)c2ccc(F)cc2I)C1(C)C. The molecule has 1 fully saturated rings. The zero-order valence-corrected chi connectivity index (χ0v) is 13.3. The van der Waals surface area contributed by atoms with Crippen molar-refractivity contribution >= 4 is 28.5 Å². The predicted octanol–water partition coefficient (Wildman–Crippen LogP) is 2.97. The highest BCUT2D eigenvalue weighted by molar-refractivity contribution is 14.1. The summed E-state index contributed by atoms with van der Waals surface area (Å²) >= 11 is 1.97. The number of carbonyl (C=O) groups is 1. The van der Waals surface area contributed by atoms with Gasteiger partial charge in [-0.05, 0) is 47.2 Å². The van der Waals surface area contributed by atoms with E-state index in [1.807, 2.05) is 22.6 Å². The fourth-order valence-corrected chi connectivity index (χ4v) is 3.16. The van der Waals surface area contributed by atoms with Crippen molar-refractivity contribution < 1.29 is 13.9 Å². The van der Waals surface area contributed by atoms with Gasteiger partial charge in [-0.2, -0.15) is 0 Å². The van der Waals surface area contributed by atoms with Crippen LogP contribution >= 0.6 is 22.6 Å². The number of ether oxygens (including phenoxy) is 1. The molecule has 3 nitrogen and oxygen atoms in total. The molecule has 0 bridgehead atoms. The molecular formula is C14H17FINO2. The topological polar surface area (TPSA) is 38.3 Å². The van der Waals surface area contributed by atoms with Crippen molar-refractivity contribution in [1.29, 1.82) is 0 Å². The molecule has 19 heavy (non-hydrogen) atoms. The number of nitrogens with one attached hydrogen (secondary N) is 1. The van der Waals surface area contributed by atoms with Crippen molar-refractivity contribution in [2.75, 3.05) is 7.11 Å². The molecule has 0 aromatic heterocycles. The van der Waals surface area contributed by atoms with Gasteiger partial charge in [0.25, 0.3) is 5.91 Å². The first-order valence-corrected chi connectivity index (χ1v) is 7.23. The van der Waals surface area contributed by atoms with E-state index in [0.717, 1.165) is 6.42 Å². The Balaban J connectivity index is 2.07. The van der Waals surface area contributed by atoms with Gasteiger partial charge < -0.3 is 10.1 Å². The van der Waals surface area contributed by atoms with E-state index in [1.165, 1.54) is 18.2 Å². The van der Waals surface area contributed by atoms with Gasteiger partial charge in [0.1, 0.15) is 5.82 Å². The van der Waals surface area contributed by atoms with Gasteiger partial charge >= 0.3 is 0 Å². The third-order valence-corrected chi connectivity index (χ3v) is 4.84. The summed E-state index contributed by atoms with van der Waals surface area (Å²) in [5.41, 5.74) is 0.439. The number of halogens is 2. The molecule has 0 heterocycles. The molecule has 1 aliphatic rings. The van der Waals surface area contributed by atoms with Crippen LogP contribution in [0.4, 0.5) is 4.39 Å². The maximum atomic E-state index is 13.0. The molecular weight excluding hydrogens is 360 g/mol. The fraction of sp³-hybridized carbons (Fsp3) is 0.500. The van der Waals surface area contributed by atoms with Gasteiger partial charge in [-0.25, -0.2) is 4.39 Å². The Morgan fingerprint density at radius 3 is 2.74 bits per heavy atom. The summed E-state index contributed by atoms with van der Waals surface area (Å²) in [6, 6.07) is 4.28. The Kier molecular flexibility index (Phi) is 4.15. The van der Waals surface area contributed by atoms with Crippen LogP contribution in [-0.2, 0) is 4.74 Å². The minimum Gasteiger partial charge on any atom is -0.381 e. The molecule has 1 N–H and O–H groups in total. The number of amides is 1. The standard InChI is InChI=1S/C14H17FINO2/c1-14(2)11(7-12(14)19-3)17-13(18)9-5-4-8(15)6-10(9)16/h4-6,11-12H,7H2,1-3H3,(H,17,18). The highest BCUT2D eigenvalue weighted by Gasteiger charge is 2.49. The number of hydrogen-bond acceptors (Lipinski definition) is 2. The average Bonchev–Trinajstić information content (AvgIpc) is 2.33. The summed E-state index contributed by atoms with van der Waals surface area (Å²) in [7, 11) is 1.69. The van der Waals surface area contributed by atoms with Crippen LogP contribution in [-0.4, -0.2) is 25.2 Å². The van der Waals surface area contributed by atoms with Crippen LogP contribution < -0.4 is 5.32 Å². The van der Waals surface area contributed by atoms with E-state index in [0.29, 0.717) is 9.13 Å². The van der Waals surface area contributed by atoms with Crippen LogP contribution in [0, 0.1) is 14.8 Å². The van der Waals surface area contributed by atoms with Gasteiger partial charge in [-0.1, -0.05) is 13.8 Å². The normalized spacial score (nSPS) is 24.7. The van der Waals surface area contributed by atoms with Crippen molar-refractivity contribution in [2.45, 2.75) is 32.4 Å². The molecule has 1 aromatic rings. The molecule has 0 aliphatic heterocycles. The lowest BCUT2D eigenvalue weighted by Crippen LogP contribution is -2.61. The number of hydrogen-bond donors (Lipinski definition) is 1. The molecule has 1 amide bonds. The van der Waals surface area contributed by atoms with E-state index >= 15 is 0 Å². The first-order chi connectivity index (χ1) is 8.86. The third-order valence-electron chi connectivity index (χ3n) is 3.94. The van der Waals surface area contributed by atoms with Crippen LogP contribution in [0.25, 0.3) is 0 Å². The summed E-state index contributed by atoms with van der Waals surface area (Å²) in [5, 5.41) is 3.00. The summed E-state index contributed by atoms with van der Waals surface area (Å²) in [6.45, 7) is 4.15. The highest BCUT2D eigenvalue weighted by Crippen LogP contribution is 2.42. The third kappa shape index (κ3) is 2.76. The Morgan fingerprint density at radius 2 is 2.21 bits per heavy atom. The Morgan fingerprint density at radius 1 is 1.53 bits per heavy atom. The van der Waals surface area contributed by atoms with Gasteiger partial charge in [-0.15, -0.1) is 0 Å². The molecule has 1 aliphatic carbocycles. The van der Waals surface area contributed by atoms with E-state index in [2.05, 4.69) is 19.2 Å². The van der Waals surface area contributed by atoms with E-state index in [9.17, 15) is 9.18 Å². The summed E-state index contributed by atoms with van der Waals surface area (Å²) < 4.78 is 19.0. The maximum absolute atomic E-state index is 13.0. The van der Waals surface area contributed by atoms with Gasteiger partial charge in [-0.3, -0.25) is 4.79 Å². The van der Waals surface area contributed by atoms with Crippen molar-refractivity contribution in [3.63, 3.8) is 0 Å². The predicted molar refractivity (Wildman–Crippen MR) is 79.6 cm³/mol. The van der Waals surface area contributed by atoms with Gasteiger partial charge in [0, 0.05) is 22.1 Å². The average molecular weight is 377 g/mol. The molecule has 2 rings (SSSR count). The monoisotopic (exact) mass is 377 g/mol. The van der Waals surface area contributed by atoms with Gasteiger partial charge in [0.05, 0.1) is 11.7 Å². The molecule has 0 spiro atoms. The molecule has 104 valence electrons. The number of carbonyl (C=O) groups excluding carboxylic acids is 1. The molecule has 5 heteroatoms.